The largest absolute Gasteiger partial charge is 0.464 e. The zero-order valence-corrected chi connectivity index (χ0v) is 9.84. The molecule has 1 aromatic rings. The summed E-state index contributed by atoms with van der Waals surface area (Å²) in [7, 11) is 1.31. The maximum Gasteiger partial charge on any atom is 0.358 e. The number of carbonyl (C=O) groups excluding carboxylic acids is 1. The highest BCUT2D eigenvalue weighted by molar-refractivity contribution is 5.86. The summed E-state index contributed by atoms with van der Waals surface area (Å²) in [4.78, 5) is 19.2. The number of carbonyl (C=O) groups is 1. The minimum atomic E-state index is -0.485. The van der Waals surface area contributed by atoms with Crippen LogP contribution in [0, 0.1) is 0 Å². The Kier molecular flexibility index (Phi) is 3.53. The number of aromatic nitrogens is 2. The summed E-state index contributed by atoms with van der Waals surface area (Å²) < 4.78 is 9.98. The molecule has 0 radical (unpaired) electrons. The number of nitrogens with zero attached hydrogens (tertiary/aromatic N) is 2. The van der Waals surface area contributed by atoms with Gasteiger partial charge in [-0.2, -0.15) is 0 Å². The van der Waals surface area contributed by atoms with Crippen molar-refractivity contribution in [3.8, 4) is 0 Å². The Balaban J connectivity index is 2.00. The molecule has 1 aliphatic rings. The van der Waals surface area contributed by atoms with Crippen molar-refractivity contribution >= 4 is 11.8 Å². The predicted molar refractivity (Wildman–Crippen MR) is 60.8 cm³/mol. The van der Waals surface area contributed by atoms with Crippen molar-refractivity contribution in [3.63, 3.8) is 0 Å². The molecule has 6 nitrogen and oxygen atoms in total. The molecule has 0 aromatic carbocycles. The first-order valence-corrected chi connectivity index (χ1v) is 5.49. The second kappa shape index (κ2) is 5.09. The number of ether oxygens (including phenoxy) is 2. The zero-order chi connectivity index (χ0) is 12.3. The van der Waals surface area contributed by atoms with Crippen molar-refractivity contribution in [1.82, 2.24) is 9.97 Å². The molecule has 6 heteroatoms. The van der Waals surface area contributed by atoms with Gasteiger partial charge >= 0.3 is 5.97 Å². The van der Waals surface area contributed by atoms with E-state index in [2.05, 4.69) is 20.0 Å². The molecule has 17 heavy (non-hydrogen) atoms. The van der Waals surface area contributed by atoms with Crippen LogP contribution in [0.5, 0.6) is 0 Å². The van der Waals surface area contributed by atoms with E-state index in [1.807, 2.05) is 6.92 Å². The fourth-order valence-corrected chi connectivity index (χ4v) is 1.72. The van der Waals surface area contributed by atoms with E-state index in [1.165, 1.54) is 19.5 Å². The van der Waals surface area contributed by atoms with Crippen molar-refractivity contribution in [1.29, 1.82) is 0 Å². The molecule has 2 heterocycles. The van der Waals surface area contributed by atoms with E-state index in [4.69, 9.17) is 4.74 Å². The van der Waals surface area contributed by atoms with Crippen LogP contribution in [0.15, 0.2) is 12.4 Å². The maximum absolute atomic E-state index is 11.2. The molecule has 1 N–H and O–H groups in total. The number of hydrogen-bond donors (Lipinski definition) is 1. The predicted octanol–water partition coefficient (Wildman–Crippen LogP) is 0.852. The highest BCUT2D eigenvalue weighted by Gasteiger charge is 2.24. The Hall–Kier alpha value is -1.69. The van der Waals surface area contributed by atoms with Gasteiger partial charge in [0.05, 0.1) is 31.6 Å². The van der Waals surface area contributed by atoms with Gasteiger partial charge in [0.2, 0.25) is 0 Å². The zero-order valence-electron chi connectivity index (χ0n) is 9.84. The third kappa shape index (κ3) is 2.71. The number of esters is 1. The molecule has 0 amide bonds. The van der Waals surface area contributed by atoms with Gasteiger partial charge in [-0.15, -0.1) is 0 Å². The van der Waals surface area contributed by atoms with Gasteiger partial charge < -0.3 is 14.8 Å². The number of rotatable bonds is 3. The highest BCUT2D eigenvalue weighted by Crippen LogP contribution is 2.16. The number of nitrogens with one attached hydrogen (secondary N) is 1. The summed E-state index contributed by atoms with van der Waals surface area (Å²) in [5, 5.41) is 3.22. The SMILES string of the molecule is COC(=O)c1cnc(NC2CCOC2C)cn1. The molecular weight excluding hydrogens is 222 g/mol. The molecule has 0 bridgehead atoms. The molecule has 92 valence electrons. The lowest BCUT2D eigenvalue weighted by atomic mass is 10.1. The van der Waals surface area contributed by atoms with E-state index in [9.17, 15) is 4.79 Å². The molecule has 2 atom stereocenters. The maximum atomic E-state index is 11.2. The summed E-state index contributed by atoms with van der Waals surface area (Å²) in [6.45, 7) is 2.77. The summed E-state index contributed by atoms with van der Waals surface area (Å²) in [6.07, 6.45) is 4.03. The topological polar surface area (TPSA) is 73.3 Å². The monoisotopic (exact) mass is 237 g/mol. The first kappa shape index (κ1) is 11.8. The number of hydrogen-bond acceptors (Lipinski definition) is 6. The lowest BCUT2D eigenvalue weighted by Gasteiger charge is -2.16. The number of anilines is 1. The van der Waals surface area contributed by atoms with Crippen molar-refractivity contribution in [2.45, 2.75) is 25.5 Å². The van der Waals surface area contributed by atoms with Crippen molar-refractivity contribution < 1.29 is 14.3 Å². The van der Waals surface area contributed by atoms with E-state index in [1.54, 1.807) is 0 Å². The van der Waals surface area contributed by atoms with Crippen LogP contribution in [0.4, 0.5) is 5.82 Å². The molecule has 2 unspecified atom stereocenters. The first-order valence-electron chi connectivity index (χ1n) is 5.49. The smallest absolute Gasteiger partial charge is 0.358 e. The lowest BCUT2D eigenvalue weighted by molar-refractivity contribution is 0.0593. The van der Waals surface area contributed by atoms with Crippen LogP contribution in [0.2, 0.25) is 0 Å². The summed E-state index contributed by atoms with van der Waals surface area (Å²) in [6, 6.07) is 0.244. The molecule has 1 aromatic heterocycles. The van der Waals surface area contributed by atoms with Gasteiger partial charge in [-0.25, -0.2) is 14.8 Å². The van der Waals surface area contributed by atoms with Crippen LogP contribution < -0.4 is 5.32 Å². The quantitative estimate of drug-likeness (QED) is 0.786. The number of methoxy groups -OCH3 is 1. The van der Waals surface area contributed by atoms with Crippen molar-refractivity contribution in [2.24, 2.45) is 0 Å². The van der Waals surface area contributed by atoms with Crippen LogP contribution in [-0.4, -0.2) is 41.8 Å². The van der Waals surface area contributed by atoms with Gasteiger partial charge in [0.15, 0.2) is 5.69 Å². The summed E-state index contributed by atoms with van der Waals surface area (Å²) in [5.41, 5.74) is 0.203. The van der Waals surface area contributed by atoms with Crippen LogP contribution in [0.25, 0.3) is 0 Å². The fraction of sp³-hybridized carbons (Fsp3) is 0.545. The molecule has 2 rings (SSSR count). The Morgan fingerprint density at radius 2 is 2.35 bits per heavy atom. The normalized spacial score (nSPS) is 23.4. The Morgan fingerprint density at radius 1 is 1.53 bits per heavy atom. The van der Waals surface area contributed by atoms with Gasteiger partial charge in [0.25, 0.3) is 0 Å². The molecular formula is C11H15N3O3. The highest BCUT2D eigenvalue weighted by atomic mass is 16.5. The standard InChI is InChI=1S/C11H15N3O3/c1-7-8(3-4-17-7)14-10-6-12-9(5-13-10)11(15)16-2/h5-8H,3-4H2,1-2H3,(H,13,14). The average Bonchev–Trinajstić information content (AvgIpc) is 2.75. The second-order valence-electron chi connectivity index (χ2n) is 3.89. The van der Waals surface area contributed by atoms with Crippen LogP contribution in [0.1, 0.15) is 23.8 Å². The third-order valence-electron chi connectivity index (χ3n) is 2.76. The molecule has 1 aliphatic heterocycles. The molecule has 0 spiro atoms. The fourth-order valence-electron chi connectivity index (χ4n) is 1.72. The van der Waals surface area contributed by atoms with Crippen LogP contribution in [0.3, 0.4) is 0 Å². The molecule has 1 fully saturated rings. The third-order valence-corrected chi connectivity index (χ3v) is 2.76. The minimum absolute atomic E-state index is 0.164. The molecule has 1 saturated heterocycles. The van der Waals surface area contributed by atoms with Crippen LogP contribution >= 0.6 is 0 Å². The summed E-state index contributed by atoms with van der Waals surface area (Å²) in [5.74, 6) is 0.154. The van der Waals surface area contributed by atoms with Gasteiger partial charge in [-0.05, 0) is 13.3 Å². The van der Waals surface area contributed by atoms with E-state index in [0.29, 0.717) is 5.82 Å². The average molecular weight is 237 g/mol. The Morgan fingerprint density at radius 3 is 2.88 bits per heavy atom. The van der Waals surface area contributed by atoms with Crippen molar-refractivity contribution in [3.05, 3.63) is 18.1 Å². The Bertz CT molecular complexity index is 393. The van der Waals surface area contributed by atoms with E-state index in [0.717, 1.165) is 13.0 Å². The van der Waals surface area contributed by atoms with Gasteiger partial charge in [-0.1, -0.05) is 0 Å². The van der Waals surface area contributed by atoms with Crippen molar-refractivity contribution in [2.75, 3.05) is 19.0 Å². The Labute approximate surface area is 99.4 Å². The second-order valence-corrected chi connectivity index (χ2v) is 3.89. The van der Waals surface area contributed by atoms with E-state index >= 15 is 0 Å². The van der Waals surface area contributed by atoms with Crippen LogP contribution in [-0.2, 0) is 9.47 Å². The van der Waals surface area contributed by atoms with Gasteiger partial charge in [0.1, 0.15) is 5.82 Å². The van der Waals surface area contributed by atoms with Gasteiger partial charge in [-0.3, -0.25) is 0 Å². The molecule has 0 aliphatic carbocycles. The first-order chi connectivity index (χ1) is 8.20. The van der Waals surface area contributed by atoms with Gasteiger partial charge in [0, 0.05) is 6.61 Å². The van der Waals surface area contributed by atoms with E-state index in [-0.39, 0.29) is 17.8 Å². The van der Waals surface area contributed by atoms with E-state index < -0.39 is 5.97 Å². The summed E-state index contributed by atoms with van der Waals surface area (Å²) >= 11 is 0. The minimum Gasteiger partial charge on any atom is -0.464 e. The lowest BCUT2D eigenvalue weighted by Crippen LogP contribution is -2.27. The molecule has 0 saturated carbocycles.